The maximum atomic E-state index is 14.4. The van der Waals surface area contributed by atoms with E-state index in [4.69, 9.17) is 21.9 Å². The van der Waals surface area contributed by atoms with Crippen LogP contribution in [0.15, 0.2) is 29.0 Å². The predicted molar refractivity (Wildman–Crippen MR) is 152 cm³/mol. The van der Waals surface area contributed by atoms with Gasteiger partial charge in [0.1, 0.15) is 22.8 Å². The fraction of sp³-hybridized carbons (Fsp3) is 0.483. The van der Waals surface area contributed by atoms with Gasteiger partial charge in [0, 0.05) is 6.54 Å². The molecule has 10 N–H and O–H groups in total. The maximum absolute atomic E-state index is 14.4. The highest BCUT2D eigenvalue weighted by Crippen LogP contribution is 2.58. The molecular weight excluding hydrogens is 560 g/mol. The van der Waals surface area contributed by atoms with Gasteiger partial charge < -0.3 is 42.6 Å². The minimum absolute atomic E-state index is 0.0988. The first kappa shape index (κ1) is 31.5. The van der Waals surface area contributed by atoms with Crippen LogP contribution in [0.4, 0.5) is 4.79 Å². The van der Waals surface area contributed by atoms with Crippen LogP contribution in [0.5, 0.6) is 5.75 Å². The number of nitrogens with two attached hydrogens (primary N) is 3. The number of fused-ring (bicyclic) bond motifs is 3. The summed E-state index contributed by atoms with van der Waals surface area (Å²) in [6.45, 7) is 5.73. The molecule has 0 aliphatic heterocycles. The van der Waals surface area contributed by atoms with E-state index in [-0.39, 0.29) is 36.1 Å². The summed E-state index contributed by atoms with van der Waals surface area (Å²) in [6.07, 6.45) is -1.43. The molecule has 1 saturated carbocycles. The molecule has 0 bridgehead atoms. The summed E-state index contributed by atoms with van der Waals surface area (Å²) in [5.74, 6) is -6.02. The van der Waals surface area contributed by atoms with Crippen LogP contribution in [0.2, 0.25) is 0 Å². The van der Waals surface area contributed by atoms with E-state index in [0.29, 0.717) is 5.56 Å². The van der Waals surface area contributed by atoms with Gasteiger partial charge >= 0.3 is 6.09 Å². The fourth-order valence-corrected chi connectivity index (χ4v) is 6.56. The van der Waals surface area contributed by atoms with Crippen LogP contribution in [-0.2, 0) is 32.1 Å². The van der Waals surface area contributed by atoms with Gasteiger partial charge in [-0.15, -0.1) is 0 Å². The van der Waals surface area contributed by atoms with E-state index in [1.165, 1.54) is 31.1 Å². The number of nitrogens with zero attached hydrogens (tertiary/aromatic N) is 2. The second-order valence-corrected chi connectivity index (χ2v) is 12.9. The Kier molecular flexibility index (Phi) is 7.38. The van der Waals surface area contributed by atoms with Gasteiger partial charge in [0.25, 0.3) is 5.91 Å². The first-order valence-electron chi connectivity index (χ1n) is 13.4. The van der Waals surface area contributed by atoms with Crippen molar-refractivity contribution in [2.75, 3.05) is 20.7 Å². The second-order valence-electron chi connectivity index (χ2n) is 12.9. The Balaban J connectivity index is 1.91. The van der Waals surface area contributed by atoms with Gasteiger partial charge in [-0.05, 0) is 49.5 Å². The van der Waals surface area contributed by atoms with Crippen LogP contribution in [0.1, 0.15) is 43.9 Å². The number of Topliss-reactive ketones (excluding diaryl/α,β-unsaturated/α-hetero) is 2. The summed E-state index contributed by atoms with van der Waals surface area (Å²) in [7, 11) is 2.88. The average molecular weight is 597 g/mol. The van der Waals surface area contributed by atoms with E-state index < -0.39 is 80.9 Å². The van der Waals surface area contributed by atoms with Gasteiger partial charge in [-0.2, -0.15) is 5.26 Å². The Bertz CT molecular complexity index is 1570. The minimum Gasteiger partial charge on any atom is -0.509 e. The standard InChI is InChI=1S/C29H36N6O8/c1-26(2,3)12-43-25(42)34-9-13-6-7-15(36)16-14(13)8-27(32)10-29(33)21(35(4)5)20(38)17(24(31)41)22(39)28(29,11-30)23(40)18(27)19(16)37/h6-7,21,36-37,39H,8-10,12,32-33H2,1-5H3,(H2,31,41)(H,34,42)/t21-,27-,28+,29-/m1/s1. The third-order valence-corrected chi connectivity index (χ3v) is 8.29. The number of hydrogen-bond acceptors (Lipinski definition) is 12. The van der Waals surface area contributed by atoms with Crippen molar-refractivity contribution in [3.05, 3.63) is 45.7 Å². The maximum Gasteiger partial charge on any atom is 0.407 e. The lowest BCUT2D eigenvalue weighted by Gasteiger charge is -2.58. The number of hydrogen-bond donors (Lipinski definition) is 7. The van der Waals surface area contributed by atoms with Gasteiger partial charge in [-0.3, -0.25) is 19.3 Å². The Labute approximate surface area is 247 Å². The molecule has 0 saturated heterocycles. The lowest BCUT2D eigenvalue weighted by atomic mass is 9.47. The Hall–Kier alpha value is -4.45. The third-order valence-electron chi connectivity index (χ3n) is 8.29. The lowest BCUT2D eigenvalue weighted by molar-refractivity contribution is -0.139. The summed E-state index contributed by atoms with van der Waals surface area (Å²) in [6, 6.07) is 2.97. The smallest absolute Gasteiger partial charge is 0.407 e. The number of amides is 2. The molecule has 1 aromatic rings. The molecule has 0 heterocycles. The summed E-state index contributed by atoms with van der Waals surface area (Å²) in [5, 5.41) is 46.6. The minimum atomic E-state index is -2.74. The number of ether oxygens (including phenoxy) is 1. The van der Waals surface area contributed by atoms with Crippen LogP contribution < -0.4 is 22.5 Å². The molecule has 0 aromatic heterocycles. The number of ketones is 2. The topological polar surface area (TPSA) is 255 Å². The largest absolute Gasteiger partial charge is 0.509 e. The molecule has 230 valence electrons. The van der Waals surface area contributed by atoms with Crippen molar-refractivity contribution in [1.82, 2.24) is 10.2 Å². The number of phenolic OH excluding ortho intramolecular Hbond substituents is 1. The van der Waals surface area contributed by atoms with Gasteiger partial charge in [-0.25, -0.2) is 4.79 Å². The van der Waals surface area contributed by atoms with E-state index >= 15 is 0 Å². The molecule has 3 aliphatic rings. The van der Waals surface area contributed by atoms with Crippen LogP contribution in [0, 0.1) is 22.2 Å². The normalized spacial score (nSPS) is 28.6. The van der Waals surface area contributed by atoms with Crippen LogP contribution in [0.25, 0.3) is 5.76 Å². The van der Waals surface area contributed by atoms with Crippen LogP contribution >= 0.6 is 0 Å². The highest BCUT2D eigenvalue weighted by Gasteiger charge is 2.74. The molecule has 0 spiro atoms. The van der Waals surface area contributed by atoms with Crippen molar-refractivity contribution < 1.29 is 39.2 Å². The van der Waals surface area contributed by atoms with Crippen LogP contribution in [-0.4, -0.2) is 81.6 Å². The summed E-state index contributed by atoms with van der Waals surface area (Å²) < 4.78 is 5.24. The number of aliphatic hydroxyl groups excluding tert-OH is 2. The average Bonchev–Trinajstić information content (AvgIpc) is 2.85. The Morgan fingerprint density at radius 1 is 1.19 bits per heavy atom. The number of aliphatic hydroxyl groups is 2. The van der Waals surface area contributed by atoms with Crippen molar-refractivity contribution in [2.24, 2.45) is 28.0 Å². The number of rotatable bonds is 5. The predicted octanol–water partition coefficient (Wildman–Crippen LogP) is 0.178. The Morgan fingerprint density at radius 3 is 2.35 bits per heavy atom. The number of nitriles is 1. The summed E-state index contributed by atoms with van der Waals surface area (Å²) in [5.41, 5.74) is 11.1. The molecule has 0 unspecified atom stereocenters. The van der Waals surface area contributed by atoms with Gasteiger partial charge in [0.15, 0.2) is 17.0 Å². The van der Waals surface area contributed by atoms with Gasteiger partial charge in [0.05, 0.1) is 40.9 Å². The second kappa shape index (κ2) is 10.1. The van der Waals surface area contributed by atoms with Gasteiger partial charge in [0.2, 0.25) is 0 Å². The lowest BCUT2D eigenvalue weighted by Crippen LogP contribution is -2.80. The Morgan fingerprint density at radius 2 is 1.81 bits per heavy atom. The first-order valence-corrected chi connectivity index (χ1v) is 13.4. The molecule has 14 nitrogen and oxygen atoms in total. The van der Waals surface area contributed by atoms with E-state index in [9.17, 15) is 39.8 Å². The zero-order valence-electron chi connectivity index (χ0n) is 24.6. The molecular formula is C29H36N6O8. The fourth-order valence-electron chi connectivity index (χ4n) is 6.56. The molecule has 1 aromatic carbocycles. The van der Waals surface area contributed by atoms with Crippen molar-refractivity contribution in [3.63, 3.8) is 0 Å². The molecule has 3 aliphatic carbocycles. The number of benzene rings is 1. The quantitative estimate of drug-likeness (QED) is 0.225. The SMILES string of the molecule is CN(C)[C@@H]1C(=O)C(C(N)=O)=C(O)[C@@]2(C#N)C(=O)C3=C(O)c4c(O)ccc(CNC(=O)OCC(C)(C)C)c4C[C@@]3(N)C[C@@]12N. The van der Waals surface area contributed by atoms with E-state index in [1.807, 2.05) is 20.8 Å². The first-order chi connectivity index (χ1) is 19.8. The van der Waals surface area contributed by atoms with E-state index in [1.54, 1.807) is 6.07 Å². The summed E-state index contributed by atoms with van der Waals surface area (Å²) in [4.78, 5) is 53.8. The van der Waals surface area contributed by atoms with Crippen molar-refractivity contribution in [2.45, 2.75) is 57.3 Å². The highest BCUT2D eigenvalue weighted by molar-refractivity contribution is 6.25. The zero-order chi connectivity index (χ0) is 32.4. The molecule has 4 atom stereocenters. The zero-order valence-corrected chi connectivity index (χ0v) is 24.6. The number of nitrogens with one attached hydrogen (secondary N) is 1. The number of phenols is 1. The number of carbonyl (C=O) groups is 4. The molecule has 0 radical (unpaired) electrons. The number of likely N-dealkylation sites (N-methyl/N-ethyl adjacent to an activating group) is 1. The molecule has 14 heteroatoms. The highest BCUT2D eigenvalue weighted by atomic mass is 16.5. The molecule has 43 heavy (non-hydrogen) atoms. The molecule has 4 rings (SSSR count). The number of alkyl carbamates (subject to hydrolysis) is 1. The van der Waals surface area contributed by atoms with Crippen molar-refractivity contribution >= 4 is 29.3 Å². The van der Waals surface area contributed by atoms with Gasteiger partial charge in [-0.1, -0.05) is 26.8 Å². The number of carbonyl (C=O) groups excluding carboxylic acids is 4. The molecule has 2 amide bonds. The molecule has 1 fully saturated rings. The summed E-state index contributed by atoms with van der Waals surface area (Å²) >= 11 is 0. The number of primary amides is 1. The van der Waals surface area contributed by atoms with Crippen molar-refractivity contribution in [3.8, 4) is 11.8 Å². The van der Waals surface area contributed by atoms with Crippen LogP contribution in [0.3, 0.4) is 0 Å². The number of aromatic hydroxyl groups is 1. The van der Waals surface area contributed by atoms with E-state index in [0.717, 1.165) is 0 Å². The van der Waals surface area contributed by atoms with E-state index in [2.05, 4.69) is 5.32 Å². The third kappa shape index (κ3) is 4.51. The van der Waals surface area contributed by atoms with Crippen molar-refractivity contribution in [1.29, 1.82) is 5.26 Å². The monoisotopic (exact) mass is 596 g/mol.